The summed E-state index contributed by atoms with van der Waals surface area (Å²) in [6.07, 6.45) is 6.63. The summed E-state index contributed by atoms with van der Waals surface area (Å²) in [6.45, 7) is 0. The van der Waals surface area contributed by atoms with Crippen molar-refractivity contribution in [2.75, 3.05) is 0 Å². The lowest BCUT2D eigenvalue weighted by molar-refractivity contribution is -0.118. The van der Waals surface area contributed by atoms with Crippen LogP contribution in [-0.2, 0) is 16.1 Å². The molecule has 0 aromatic rings. The van der Waals surface area contributed by atoms with Gasteiger partial charge in [0, 0.05) is 0 Å². The molecule has 1 amide bonds. The van der Waals surface area contributed by atoms with Crippen molar-refractivity contribution in [2.45, 2.75) is 0 Å². The molecule has 0 aliphatic heterocycles. The van der Waals surface area contributed by atoms with Gasteiger partial charge in [0.25, 0.3) is 0 Å². The largest absolute Gasteiger partial charge is 0.369 e. The van der Waals surface area contributed by atoms with Crippen LogP contribution in [0.3, 0.4) is 0 Å². The predicted molar refractivity (Wildman–Crippen MR) is 44.1 cm³/mol. The molecule has 1 aliphatic rings. The first kappa shape index (κ1) is 7.94. The van der Waals surface area contributed by atoms with Crippen LogP contribution in [-0.4, -0.2) is 15.0 Å². The molecule has 1 atom stereocenters. The van der Waals surface area contributed by atoms with Crippen LogP contribution in [0, 0.1) is 5.92 Å². The first-order chi connectivity index (χ1) is 5.25. The summed E-state index contributed by atoms with van der Waals surface area (Å²) in [5.41, 5.74) is 5.04. The maximum atomic E-state index is 10.7. The number of rotatable bonds is 1. The summed E-state index contributed by atoms with van der Waals surface area (Å²) in [5.74, 6) is -1.01. The van der Waals surface area contributed by atoms with Crippen molar-refractivity contribution in [3.05, 3.63) is 24.3 Å². The fraction of sp³-hybridized carbons (Fsp3) is 0.143. The maximum absolute atomic E-state index is 10.7. The number of amides is 1. The van der Waals surface area contributed by atoms with Gasteiger partial charge in [-0.2, -0.15) is 0 Å². The molecule has 1 unspecified atom stereocenters. The van der Waals surface area contributed by atoms with Crippen molar-refractivity contribution in [3.8, 4) is 0 Å². The zero-order valence-electron chi connectivity index (χ0n) is 5.69. The normalized spacial score (nSPS) is 21.8. The fourth-order valence-electron chi connectivity index (χ4n) is 0.839. The molecular weight excluding hydrogens is 162 g/mol. The van der Waals surface area contributed by atoms with E-state index in [4.69, 9.17) is 5.73 Å². The summed E-state index contributed by atoms with van der Waals surface area (Å²) in [7, 11) is 0. The van der Waals surface area contributed by atoms with Crippen LogP contribution in [0.15, 0.2) is 24.3 Å². The fourth-order valence-corrected chi connectivity index (χ4v) is 1.27. The molecule has 0 heterocycles. The van der Waals surface area contributed by atoms with Gasteiger partial charge < -0.3 is 5.73 Å². The number of allylic oxidation sites excluding steroid dienone is 3. The molecular formula is C7H7NO2S. The summed E-state index contributed by atoms with van der Waals surface area (Å²) in [6, 6.07) is 0. The summed E-state index contributed by atoms with van der Waals surface area (Å²) < 4.78 is 10.4. The van der Waals surface area contributed by atoms with Crippen molar-refractivity contribution in [2.24, 2.45) is 11.7 Å². The highest BCUT2D eigenvalue weighted by molar-refractivity contribution is 7.67. The van der Waals surface area contributed by atoms with Crippen molar-refractivity contribution < 1.29 is 9.00 Å². The summed E-state index contributed by atoms with van der Waals surface area (Å²) >= 11 is 0.310. The van der Waals surface area contributed by atoms with Gasteiger partial charge in [-0.15, -0.1) is 0 Å². The molecule has 11 heavy (non-hydrogen) atoms. The molecule has 0 fully saturated rings. The third kappa shape index (κ3) is 1.65. The lowest BCUT2D eigenvalue weighted by Gasteiger charge is -2.07. The van der Waals surface area contributed by atoms with Gasteiger partial charge in [-0.3, -0.25) is 4.79 Å². The molecule has 0 saturated heterocycles. The average molecular weight is 169 g/mol. The second-order valence-corrected chi connectivity index (χ2v) is 2.75. The predicted octanol–water partition coefficient (Wildman–Crippen LogP) is -0.401. The smallest absolute Gasteiger partial charge is 0.229 e. The van der Waals surface area contributed by atoms with Crippen LogP contribution in [0.1, 0.15) is 0 Å². The Kier molecular flexibility index (Phi) is 2.38. The lowest BCUT2D eigenvalue weighted by atomic mass is 10.0. The number of primary amides is 1. The Labute approximate surface area is 67.7 Å². The summed E-state index contributed by atoms with van der Waals surface area (Å²) in [5, 5.41) is 0. The molecule has 0 spiro atoms. The van der Waals surface area contributed by atoms with E-state index in [1.807, 2.05) is 0 Å². The third-order valence-electron chi connectivity index (χ3n) is 1.38. The monoisotopic (exact) mass is 169 g/mol. The number of carbonyl (C=O) groups excluding carboxylic acids is 1. The topological polar surface area (TPSA) is 60.2 Å². The van der Waals surface area contributed by atoms with E-state index in [-0.39, 0.29) is 0 Å². The van der Waals surface area contributed by atoms with Crippen molar-refractivity contribution in [1.82, 2.24) is 0 Å². The van der Waals surface area contributed by atoms with E-state index in [1.165, 1.54) is 0 Å². The zero-order chi connectivity index (χ0) is 8.27. The van der Waals surface area contributed by atoms with E-state index in [0.717, 1.165) is 0 Å². The molecule has 0 saturated carbocycles. The molecule has 0 radical (unpaired) electrons. The summed E-state index contributed by atoms with van der Waals surface area (Å²) in [4.78, 5) is 11.1. The number of carbonyl (C=O) groups is 1. The van der Waals surface area contributed by atoms with E-state index < -0.39 is 11.8 Å². The molecule has 0 bridgehead atoms. The Morgan fingerprint density at radius 1 is 1.55 bits per heavy atom. The SMILES string of the molecule is NC(=O)C1C=CC=CC1=S=O. The number of nitrogens with two attached hydrogens (primary N) is 1. The number of hydrogen-bond donors (Lipinski definition) is 1. The molecule has 58 valence electrons. The molecule has 4 heteroatoms. The first-order valence-corrected chi connectivity index (χ1v) is 3.80. The second kappa shape index (κ2) is 3.30. The Hall–Kier alpha value is -1.16. The van der Waals surface area contributed by atoms with E-state index in [2.05, 4.69) is 0 Å². The van der Waals surface area contributed by atoms with Gasteiger partial charge >= 0.3 is 0 Å². The van der Waals surface area contributed by atoms with Crippen molar-refractivity contribution in [3.63, 3.8) is 0 Å². The van der Waals surface area contributed by atoms with Gasteiger partial charge in [0.1, 0.15) is 0 Å². The van der Waals surface area contributed by atoms with E-state index >= 15 is 0 Å². The van der Waals surface area contributed by atoms with Gasteiger partial charge in [-0.05, 0) is 6.08 Å². The minimum absolute atomic E-state index is 0.310. The molecule has 1 rings (SSSR count). The molecule has 0 aromatic carbocycles. The maximum Gasteiger partial charge on any atom is 0.229 e. The highest BCUT2D eigenvalue weighted by Gasteiger charge is 2.17. The minimum atomic E-state index is -0.525. The first-order valence-electron chi connectivity index (χ1n) is 3.06. The van der Waals surface area contributed by atoms with Gasteiger partial charge in [-0.1, -0.05) is 18.2 Å². The molecule has 0 aromatic heterocycles. The Balaban J connectivity index is 2.97. The number of hydrogen-bond acceptors (Lipinski definition) is 2. The highest BCUT2D eigenvalue weighted by Crippen LogP contribution is 2.06. The Morgan fingerprint density at radius 3 is 2.73 bits per heavy atom. The Morgan fingerprint density at radius 2 is 2.27 bits per heavy atom. The van der Waals surface area contributed by atoms with Crippen LogP contribution in [0.2, 0.25) is 0 Å². The third-order valence-corrected chi connectivity index (χ3v) is 1.97. The highest BCUT2D eigenvalue weighted by atomic mass is 32.1. The van der Waals surface area contributed by atoms with Gasteiger partial charge in [0.05, 0.1) is 22.0 Å². The van der Waals surface area contributed by atoms with Crippen LogP contribution in [0.4, 0.5) is 0 Å². The van der Waals surface area contributed by atoms with Crippen LogP contribution in [0.5, 0.6) is 0 Å². The van der Waals surface area contributed by atoms with Gasteiger partial charge in [-0.25, -0.2) is 4.21 Å². The van der Waals surface area contributed by atoms with E-state index in [0.29, 0.717) is 16.1 Å². The van der Waals surface area contributed by atoms with Crippen molar-refractivity contribution >= 4 is 22.0 Å². The van der Waals surface area contributed by atoms with E-state index in [1.54, 1.807) is 24.3 Å². The molecule has 2 N–H and O–H groups in total. The Bertz CT molecular complexity index is 287. The van der Waals surface area contributed by atoms with Gasteiger partial charge in [0.2, 0.25) is 5.91 Å². The van der Waals surface area contributed by atoms with E-state index in [9.17, 15) is 9.00 Å². The van der Waals surface area contributed by atoms with Crippen LogP contribution >= 0.6 is 0 Å². The van der Waals surface area contributed by atoms with Crippen LogP contribution < -0.4 is 5.73 Å². The lowest BCUT2D eigenvalue weighted by Crippen LogP contribution is -2.28. The average Bonchev–Trinajstić information content (AvgIpc) is 2.04. The standard InChI is InChI=1S/C7H7NO2S/c8-7(9)5-3-1-2-4-6(5)11-10/h1-5H,(H2,8,9). The van der Waals surface area contributed by atoms with Crippen LogP contribution in [0.25, 0.3) is 0 Å². The second-order valence-electron chi connectivity index (χ2n) is 2.11. The molecule has 1 aliphatic carbocycles. The quantitative estimate of drug-likeness (QED) is 0.543. The molecule has 3 nitrogen and oxygen atoms in total. The van der Waals surface area contributed by atoms with Crippen molar-refractivity contribution in [1.29, 1.82) is 0 Å². The van der Waals surface area contributed by atoms with Gasteiger partial charge in [0.15, 0.2) is 0 Å². The zero-order valence-corrected chi connectivity index (χ0v) is 6.51. The minimum Gasteiger partial charge on any atom is -0.369 e.